The minimum absolute atomic E-state index is 0.277. The number of hydrogen-bond acceptors (Lipinski definition) is 6. The third-order valence-electron chi connectivity index (χ3n) is 6.17. The molecule has 0 bridgehead atoms. The van der Waals surface area contributed by atoms with E-state index in [0.29, 0.717) is 32.0 Å². The molecular weight excluding hydrogens is 466 g/mol. The Morgan fingerprint density at radius 3 is 2.54 bits per heavy atom. The van der Waals surface area contributed by atoms with Crippen LogP contribution >= 0.6 is 0 Å². The number of benzene rings is 3. The van der Waals surface area contributed by atoms with Crippen LogP contribution in [0.4, 0.5) is 0 Å². The van der Waals surface area contributed by atoms with Crippen LogP contribution < -0.4 is 10.1 Å². The van der Waals surface area contributed by atoms with Crippen molar-refractivity contribution < 1.29 is 18.7 Å². The van der Waals surface area contributed by atoms with Gasteiger partial charge in [-0.2, -0.15) is 0 Å². The standard InChI is InChI=1S/C30H29N3O4/c1-35-30(34)27(33-17-15-24(21-33)23-7-3-2-4-8-23)19-22-11-13-25(14-12-22)36-18-16-31-20-29-32-26-9-5-6-10-28(26)37-29/h2-15,17,21,27,31H,16,18-20H2,1H3/t27-/m0/s1. The second kappa shape index (κ2) is 11.6. The second-order valence-electron chi connectivity index (χ2n) is 8.70. The van der Waals surface area contributed by atoms with E-state index in [9.17, 15) is 4.79 Å². The van der Waals surface area contributed by atoms with E-state index in [-0.39, 0.29) is 5.97 Å². The summed E-state index contributed by atoms with van der Waals surface area (Å²) in [5.74, 6) is 1.15. The van der Waals surface area contributed by atoms with Crippen molar-refractivity contribution in [3.05, 3.63) is 109 Å². The molecule has 2 aromatic heterocycles. The minimum Gasteiger partial charge on any atom is -0.492 e. The predicted molar refractivity (Wildman–Crippen MR) is 142 cm³/mol. The lowest BCUT2D eigenvalue weighted by Gasteiger charge is -2.17. The molecule has 7 nitrogen and oxygen atoms in total. The summed E-state index contributed by atoms with van der Waals surface area (Å²) in [6, 6.07) is 27.2. The molecule has 1 atom stereocenters. The van der Waals surface area contributed by atoms with E-state index in [2.05, 4.69) is 22.4 Å². The number of nitrogens with one attached hydrogen (secondary N) is 1. The van der Waals surface area contributed by atoms with E-state index in [1.807, 2.05) is 89.8 Å². The van der Waals surface area contributed by atoms with Crippen molar-refractivity contribution >= 4 is 17.1 Å². The number of oxazole rings is 1. The lowest BCUT2D eigenvalue weighted by atomic mass is 10.1. The van der Waals surface area contributed by atoms with Crippen molar-refractivity contribution in [2.24, 2.45) is 0 Å². The molecule has 0 aliphatic carbocycles. The Bertz CT molecular complexity index is 1410. The van der Waals surface area contributed by atoms with Crippen LogP contribution in [0.3, 0.4) is 0 Å². The summed E-state index contributed by atoms with van der Waals surface area (Å²) in [5.41, 5.74) is 4.83. The van der Waals surface area contributed by atoms with Gasteiger partial charge >= 0.3 is 5.97 Å². The van der Waals surface area contributed by atoms with E-state index in [4.69, 9.17) is 13.9 Å². The topological polar surface area (TPSA) is 78.5 Å². The first kappa shape index (κ1) is 24.3. The van der Waals surface area contributed by atoms with Crippen molar-refractivity contribution in [3.63, 3.8) is 0 Å². The van der Waals surface area contributed by atoms with Crippen molar-refractivity contribution in [2.75, 3.05) is 20.3 Å². The molecule has 5 rings (SSSR count). The number of hydrogen-bond donors (Lipinski definition) is 1. The van der Waals surface area contributed by atoms with E-state index in [1.165, 1.54) is 7.11 Å². The van der Waals surface area contributed by atoms with Gasteiger partial charge in [0.05, 0.1) is 13.7 Å². The maximum atomic E-state index is 12.6. The molecule has 0 saturated carbocycles. The van der Waals surface area contributed by atoms with Crippen LogP contribution in [0.2, 0.25) is 0 Å². The highest BCUT2D eigenvalue weighted by atomic mass is 16.5. The Morgan fingerprint density at radius 2 is 1.76 bits per heavy atom. The fraction of sp³-hybridized carbons (Fsp3) is 0.200. The zero-order valence-corrected chi connectivity index (χ0v) is 20.7. The fourth-order valence-electron chi connectivity index (χ4n) is 4.23. The molecule has 188 valence electrons. The third-order valence-corrected chi connectivity index (χ3v) is 6.17. The van der Waals surface area contributed by atoms with Crippen LogP contribution in [0.25, 0.3) is 22.2 Å². The zero-order valence-electron chi connectivity index (χ0n) is 20.7. The number of esters is 1. The second-order valence-corrected chi connectivity index (χ2v) is 8.70. The average molecular weight is 496 g/mol. The highest BCUT2D eigenvalue weighted by Crippen LogP contribution is 2.24. The quantitative estimate of drug-likeness (QED) is 0.195. The normalized spacial score (nSPS) is 11.9. The fourth-order valence-corrected chi connectivity index (χ4v) is 4.23. The number of rotatable bonds is 11. The van der Waals surface area contributed by atoms with Crippen LogP contribution in [0.1, 0.15) is 17.5 Å². The predicted octanol–water partition coefficient (Wildman–Crippen LogP) is 5.42. The molecule has 0 radical (unpaired) electrons. The number of ether oxygens (including phenoxy) is 2. The summed E-state index contributed by atoms with van der Waals surface area (Å²) in [5, 5.41) is 3.29. The summed E-state index contributed by atoms with van der Waals surface area (Å²) >= 11 is 0. The Hall–Kier alpha value is -4.36. The molecule has 0 aliphatic rings. The van der Waals surface area contributed by atoms with Crippen molar-refractivity contribution in [2.45, 2.75) is 19.0 Å². The number of fused-ring (bicyclic) bond motifs is 1. The molecule has 0 unspecified atom stereocenters. The van der Waals surface area contributed by atoms with Crippen molar-refractivity contribution in [1.29, 1.82) is 0 Å². The van der Waals surface area contributed by atoms with Gasteiger partial charge in [-0.25, -0.2) is 9.78 Å². The van der Waals surface area contributed by atoms with Gasteiger partial charge < -0.3 is 23.8 Å². The molecule has 0 amide bonds. The summed E-state index contributed by atoms with van der Waals surface area (Å²) in [7, 11) is 1.42. The Labute approximate surface area is 215 Å². The third kappa shape index (κ3) is 6.08. The SMILES string of the molecule is COC(=O)[C@H](Cc1ccc(OCCNCc2nc3ccccc3o2)cc1)n1ccc(-c2ccccc2)c1. The zero-order chi connectivity index (χ0) is 25.5. The smallest absolute Gasteiger partial charge is 0.329 e. The number of carbonyl (C=O) groups is 1. The first-order valence-corrected chi connectivity index (χ1v) is 12.3. The van der Waals surface area contributed by atoms with E-state index in [1.54, 1.807) is 0 Å². The van der Waals surface area contributed by atoms with Crippen LogP contribution in [-0.2, 0) is 22.5 Å². The monoisotopic (exact) mass is 495 g/mol. The molecular formula is C30H29N3O4. The summed E-state index contributed by atoms with van der Waals surface area (Å²) in [4.78, 5) is 17.1. The Kier molecular flexibility index (Phi) is 7.62. The first-order chi connectivity index (χ1) is 18.2. The van der Waals surface area contributed by atoms with Gasteiger partial charge in [0.15, 0.2) is 5.58 Å². The van der Waals surface area contributed by atoms with Crippen molar-refractivity contribution in [3.8, 4) is 16.9 Å². The van der Waals surface area contributed by atoms with Gasteiger partial charge in [-0.3, -0.25) is 0 Å². The van der Waals surface area contributed by atoms with E-state index < -0.39 is 6.04 Å². The highest BCUT2D eigenvalue weighted by molar-refractivity contribution is 5.75. The van der Waals surface area contributed by atoms with Crippen LogP contribution in [0.15, 0.2) is 102 Å². The lowest BCUT2D eigenvalue weighted by Crippen LogP contribution is -2.22. The number of para-hydroxylation sites is 2. The van der Waals surface area contributed by atoms with E-state index >= 15 is 0 Å². The number of carbonyl (C=O) groups excluding carboxylic acids is 1. The molecule has 3 aromatic carbocycles. The van der Waals surface area contributed by atoms with Gasteiger partial charge in [0.25, 0.3) is 0 Å². The van der Waals surface area contributed by atoms with E-state index in [0.717, 1.165) is 33.5 Å². The summed E-state index contributed by atoms with van der Waals surface area (Å²) in [6.45, 7) is 1.70. The number of methoxy groups -OCH3 is 1. The summed E-state index contributed by atoms with van der Waals surface area (Å²) < 4.78 is 18.6. The molecule has 1 N–H and O–H groups in total. The van der Waals surface area contributed by atoms with Gasteiger partial charge in [-0.05, 0) is 47.0 Å². The molecule has 37 heavy (non-hydrogen) atoms. The number of nitrogens with zero attached hydrogens (tertiary/aromatic N) is 2. The van der Waals surface area contributed by atoms with Gasteiger partial charge in [0.1, 0.15) is 23.9 Å². The Morgan fingerprint density at radius 1 is 0.973 bits per heavy atom. The summed E-state index contributed by atoms with van der Waals surface area (Å²) in [6.07, 6.45) is 4.43. The maximum absolute atomic E-state index is 12.6. The molecule has 0 fully saturated rings. The van der Waals surface area contributed by atoms with Crippen molar-refractivity contribution in [1.82, 2.24) is 14.9 Å². The molecule has 5 aromatic rings. The lowest BCUT2D eigenvalue weighted by molar-refractivity contribution is -0.144. The first-order valence-electron chi connectivity index (χ1n) is 12.3. The van der Waals surface area contributed by atoms with Crippen LogP contribution in [0, 0.1) is 0 Å². The van der Waals surface area contributed by atoms with Gasteiger partial charge in [0.2, 0.25) is 5.89 Å². The average Bonchev–Trinajstić information content (AvgIpc) is 3.60. The molecule has 0 saturated heterocycles. The Balaban J connectivity index is 1.13. The van der Waals surface area contributed by atoms with Crippen LogP contribution in [0.5, 0.6) is 5.75 Å². The molecule has 0 aliphatic heterocycles. The number of aromatic nitrogens is 2. The van der Waals surface area contributed by atoms with Gasteiger partial charge in [0, 0.05) is 25.4 Å². The largest absolute Gasteiger partial charge is 0.492 e. The van der Waals surface area contributed by atoms with Gasteiger partial charge in [-0.1, -0.05) is 54.6 Å². The molecule has 7 heteroatoms. The van der Waals surface area contributed by atoms with Crippen LogP contribution in [-0.4, -0.2) is 35.8 Å². The van der Waals surface area contributed by atoms with Gasteiger partial charge in [-0.15, -0.1) is 0 Å². The minimum atomic E-state index is -0.453. The molecule has 2 heterocycles. The molecule has 0 spiro atoms. The highest BCUT2D eigenvalue weighted by Gasteiger charge is 2.22. The maximum Gasteiger partial charge on any atom is 0.329 e.